The summed E-state index contributed by atoms with van der Waals surface area (Å²) in [5.74, 6) is 0.152. The molecule has 1 aliphatic heterocycles. The molecule has 2 rings (SSSR count). The summed E-state index contributed by atoms with van der Waals surface area (Å²) in [6.45, 7) is 4.33. The van der Waals surface area contributed by atoms with E-state index in [0.29, 0.717) is 24.5 Å². The highest BCUT2D eigenvalue weighted by atomic mass is 32.2. The lowest BCUT2D eigenvalue weighted by atomic mass is 10.1. The number of carbonyl (C=O) groups is 2. The largest absolute Gasteiger partial charge is 0.465 e. The van der Waals surface area contributed by atoms with E-state index in [1.165, 1.54) is 0 Å². The molecule has 6 heteroatoms. The molecule has 1 fully saturated rings. The molecule has 0 radical (unpaired) electrons. The number of hydrogen-bond acceptors (Lipinski definition) is 6. The van der Waals surface area contributed by atoms with Gasteiger partial charge < -0.3 is 9.47 Å². The van der Waals surface area contributed by atoms with Crippen molar-refractivity contribution in [1.29, 1.82) is 0 Å². The monoisotopic (exact) mass is 309 g/mol. The van der Waals surface area contributed by atoms with E-state index >= 15 is 0 Å². The van der Waals surface area contributed by atoms with Crippen molar-refractivity contribution in [1.82, 2.24) is 5.32 Å². The fraction of sp³-hybridized carbons (Fsp3) is 0.467. The van der Waals surface area contributed by atoms with Crippen LogP contribution in [0.5, 0.6) is 0 Å². The van der Waals surface area contributed by atoms with E-state index in [0.717, 1.165) is 5.56 Å². The van der Waals surface area contributed by atoms with Crippen molar-refractivity contribution in [3.05, 3.63) is 35.4 Å². The predicted molar refractivity (Wildman–Crippen MR) is 81.2 cm³/mol. The SMILES string of the molecule is CCOC(=O)c1ccc(C2NC(C(=O)OCC)CS2)cc1. The molecule has 0 amide bonds. The number of hydrogen-bond donors (Lipinski definition) is 1. The quantitative estimate of drug-likeness (QED) is 0.841. The summed E-state index contributed by atoms with van der Waals surface area (Å²) in [6.07, 6.45) is 0. The lowest BCUT2D eigenvalue weighted by Crippen LogP contribution is -2.35. The molecule has 5 nitrogen and oxygen atoms in total. The van der Waals surface area contributed by atoms with Gasteiger partial charge in [0.2, 0.25) is 0 Å². The molecule has 21 heavy (non-hydrogen) atoms. The molecule has 1 aromatic rings. The highest BCUT2D eigenvalue weighted by Gasteiger charge is 2.31. The Kier molecular flexibility index (Phi) is 5.64. The fourth-order valence-corrected chi connectivity index (χ4v) is 3.28. The van der Waals surface area contributed by atoms with E-state index in [1.54, 1.807) is 37.7 Å². The highest BCUT2D eigenvalue weighted by molar-refractivity contribution is 7.99. The summed E-state index contributed by atoms with van der Waals surface area (Å²) in [7, 11) is 0. The number of rotatable bonds is 5. The second-order valence-electron chi connectivity index (χ2n) is 4.53. The molecule has 1 saturated heterocycles. The maximum atomic E-state index is 11.7. The molecular formula is C15H19NO4S. The van der Waals surface area contributed by atoms with Crippen molar-refractivity contribution in [2.24, 2.45) is 0 Å². The van der Waals surface area contributed by atoms with Crippen molar-refractivity contribution in [3.63, 3.8) is 0 Å². The second-order valence-corrected chi connectivity index (χ2v) is 5.67. The van der Waals surface area contributed by atoms with Gasteiger partial charge in [-0.2, -0.15) is 0 Å². The van der Waals surface area contributed by atoms with Crippen molar-refractivity contribution in [2.75, 3.05) is 19.0 Å². The molecule has 2 unspecified atom stereocenters. The number of benzene rings is 1. The summed E-state index contributed by atoms with van der Waals surface area (Å²) in [4.78, 5) is 23.3. The smallest absolute Gasteiger partial charge is 0.338 e. The molecule has 0 bridgehead atoms. The minimum absolute atomic E-state index is 0.0376. The van der Waals surface area contributed by atoms with Gasteiger partial charge in [0.15, 0.2) is 0 Å². The Bertz CT molecular complexity index is 503. The van der Waals surface area contributed by atoms with E-state index in [1.807, 2.05) is 12.1 Å². The van der Waals surface area contributed by atoms with Gasteiger partial charge in [-0.05, 0) is 31.5 Å². The lowest BCUT2D eigenvalue weighted by molar-refractivity contribution is -0.144. The van der Waals surface area contributed by atoms with E-state index < -0.39 is 0 Å². The van der Waals surface area contributed by atoms with Gasteiger partial charge in [-0.1, -0.05) is 12.1 Å². The molecule has 1 aliphatic rings. The maximum absolute atomic E-state index is 11.7. The molecular weight excluding hydrogens is 290 g/mol. The van der Waals surface area contributed by atoms with Crippen LogP contribution >= 0.6 is 11.8 Å². The lowest BCUT2D eigenvalue weighted by Gasteiger charge is -2.13. The van der Waals surface area contributed by atoms with Crippen LogP contribution in [0.3, 0.4) is 0 Å². The molecule has 2 atom stereocenters. The molecule has 0 saturated carbocycles. The van der Waals surface area contributed by atoms with E-state index in [-0.39, 0.29) is 23.4 Å². The van der Waals surface area contributed by atoms with E-state index in [4.69, 9.17) is 9.47 Å². The summed E-state index contributed by atoms with van der Waals surface area (Å²) in [5.41, 5.74) is 1.56. The van der Waals surface area contributed by atoms with Crippen LogP contribution in [0.25, 0.3) is 0 Å². The summed E-state index contributed by atoms with van der Waals surface area (Å²) >= 11 is 1.65. The Morgan fingerprint density at radius 3 is 2.48 bits per heavy atom. The van der Waals surface area contributed by atoms with Gasteiger partial charge in [-0.15, -0.1) is 11.8 Å². The zero-order valence-corrected chi connectivity index (χ0v) is 12.9. The van der Waals surface area contributed by atoms with Crippen molar-refractivity contribution >= 4 is 23.7 Å². The Labute approximate surface area is 128 Å². The number of nitrogens with one attached hydrogen (secondary N) is 1. The number of esters is 2. The van der Waals surface area contributed by atoms with E-state index in [2.05, 4.69) is 5.32 Å². The van der Waals surface area contributed by atoms with Crippen LogP contribution in [-0.4, -0.2) is 36.9 Å². The minimum atomic E-state index is -0.319. The maximum Gasteiger partial charge on any atom is 0.338 e. The van der Waals surface area contributed by atoms with Crippen molar-refractivity contribution in [2.45, 2.75) is 25.3 Å². The van der Waals surface area contributed by atoms with Crippen LogP contribution in [0.4, 0.5) is 0 Å². The Hall–Kier alpha value is -1.53. The van der Waals surface area contributed by atoms with E-state index in [9.17, 15) is 9.59 Å². The molecule has 114 valence electrons. The topological polar surface area (TPSA) is 64.6 Å². The number of ether oxygens (including phenoxy) is 2. The van der Waals surface area contributed by atoms with Gasteiger partial charge in [0.1, 0.15) is 6.04 Å². The predicted octanol–water partition coefficient (Wildman–Crippen LogP) is 2.13. The van der Waals surface area contributed by atoms with Crippen molar-refractivity contribution in [3.8, 4) is 0 Å². The van der Waals surface area contributed by atoms with Crippen LogP contribution in [-0.2, 0) is 14.3 Å². The summed E-state index contributed by atoms with van der Waals surface area (Å²) in [6, 6.07) is 6.97. The Balaban J connectivity index is 1.97. The van der Waals surface area contributed by atoms with Crippen LogP contribution < -0.4 is 5.32 Å². The van der Waals surface area contributed by atoms with Gasteiger partial charge in [0, 0.05) is 5.75 Å². The fourth-order valence-electron chi connectivity index (χ4n) is 2.05. The standard InChI is InChI=1S/C15H19NO4S/c1-3-19-14(17)11-7-5-10(6-8-11)13-16-12(9-21-13)15(18)20-4-2/h5-8,12-13,16H,3-4,9H2,1-2H3. The van der Waals surface area contributed by atoms with Crippen LogP contribution in [0.1, 0.15) is 35.1 Å². The Morgan fingerprint density at radius 1 is 1.19 bits per heavy atom. The molecule has 0 aromatic heterocycles. The molecule has 1 heterocycles. The first-order chi connectivity index (χ1) is 10.2. The third-order valence-corrected chi connectivity index (χ3v) is 4.35. The molecule has 0 spiro atoms. The molecule has 1 N–H and O–H groups in total. The van der Waals surface area contributed by atoms with Crippen LogP contribution in [0.2, 0.25) is 0 Å². The van der Waals surface area contributed by atoms with Crippen molar-refractivity contribution < 1.29 is 19.1 Å². The molecule has 1 aromatic carbocycles. The van der Waals surface area contributed by atoms with Gasteiger partial charge >= 0.3 is 11.9 Å². The Morgan fingerprint density at radius 2 is 1.86 bits per heavy atom. The highest BCUT2D eigenvalue weighted by Crippen LogP contribution is 2.33. The van der Waals surface area contributed by atoms with Gasteiger partial charge in [0.05, 0.1) is 24.2 Å². The van der Waals surface area contributed by atoms with Crippen LogP contribution in [0, 0.1) is 0 Å². The first-order valence-electron chi connectivity index (χ1n) is 6.97. The normalized spacial score (nSPS) is 21.0. The second kappa shape index (κ2) is 7.47. The van der Waals surface area contributed by atoms with Gasteiger partial charge in [-0.25, -0.2) is 4.79 Å². The summed E-state index contributed by atoms with van der Waals surface area (Å²) in [5, 5.41) is 3.28. The number of thioether (sulfide) groups is 1. The van der Waals surface area contributed by atoms with Gasteiger partial charge in [0.25, 0.3) is 0 Å². The minimum Gasteiger partial charge on any atom is -0.465 e. The first kappa shape index (κ1) is 15.9. The summed E-state index contributed by atoms with van der Waals surface area (Å²) < 4.78 is 9.96. The average molecular weight is 309 g/mol. The zero-order valence-electron chi connectivity index (χ0n) is 12.1. The average Bonchev–Trinajstić information content (AvgIpc) is 2.98. The third kappa shape index (κ3) is 3.98. The number of carbonyl (C=O) groups excluding carboxylic acids is 2. The van der Waals surface area contributed by atoms with Crippen LogP contribution in [0.15, 0.2) is 24.3 Å². The molecule has 0 aliphatic carbocycles. The third-order valence-electron chi connectivity index (χ3n) is 3.08. The van der Waals surface area contributed by atoms with Gasteiger partial charge in [-0.3, -0.25) is 10.1 Å². The first-order valence-corrected chi connectivity index (χ1v) is 8.02. The zero-order chi connectivity index (χ0) is 15.2.